The molecule has 1 aromatic heterocycles. The van der Waals surface area contributed by atoms with Crippen molar-refractivity contribution in [2.24, 2.45) is 0 Å². The summed E-state index contributed by atoms with van der Waals surface area (Å²) in [6.07, 6.45) is 0. The van der Waals surface area contributed by atoms with Gasteiger partial charge in [0.1, 0.15) is 0 Å². The van der Waals surface area contributed by atoms with Crippen molar-refractivity contribution >= 4 is 40.7 Å². The molecule has 3 rings (SSSR count). The molecule has 0 fully saturated rings. The number of thiophene rings is 1. The molecule has 2 heterocycles. The summed E-state index contributed by atoms with van der Waals surface area (Å²) in [5.74, 6) is -0.807. The number of amides is 1. The van der Waals surface area contributed by atoms with Crippen LogP contribution >= 0.6 is 23.3 Å². The van der Waals surface area contributed by atoms with Gasteiger partial charge in [0, 0.05) is 4.90 Å². The van der Waals surface area contributed by atoms with Crippen LogP contribution in [0.3, 0.4) is 0 Å². The van der Waals surface area contributed by atoms with Gasteiger partial charge in [-0.3, -0.25) is 14.4 Å². The second kappa shape index (κ2) is 5.80. The van der Waals surface area contributed by atoms with Crippen LogP contribution in [0.4, 0.5) is 5.69 Å². The topological polar surface area (TPSA) is 75.3 Å². The first-order chi connectivity index (χ1) is 10.2. The van der Waals surface area contributed by atoms with E-state index in [-0.39, 0.29) is 16.9 Å². The number of anilines is 1. The first-order valence-corrected chi connectivity index (χ1v) is 7.81. The highest BCUT2D eigenvalue weighted by atomic mass is 32.2. The Morgan fingerprint density at radius 2 is 1.95 bits per heavy atom. The van der Waals surface area contributed by atoms with Crippen molar-refractivity contribution in [3.63, 3.8) is 0 Å². The first kappa shape index (κ1) is 14.0. The van der Waals surface area contributed by atoms with Crippen molar-refractivity contribution in [1.82, 2.24) is 4.72 Å². The summed E-state index contributed by atoms with van der Waals surface area (Å²) in [6, 6.07) is 8.64. The quantitative estimate of drug-likeness (QED) is 0.653. The predicted octanol–water partition coefficient (Wildman–Crippen LogP) is 1.91. The summed E-state index contributed by atoms with van der Waals surface area (Å²) in [4.78, 5) is 37.6. The maximum absolute atomic E-state index is 12.3. The highest BCUT2D eigenvalue weighted by Gasteiger charge is 2.34. The van der Waals surface area contributed by atoms with Crippen LogP contribution in [-0.4, -0.2) is 17.7 Å². The van der Waals surface area contributed by atoms with E-state index in [0.29, 0.717) is 4.88 Å². The van der Waals surface area contributed by atoms with Gasteiger partial charge in [-0.25, -0.2) is 4.72 Å². The van der Waals surface area contributed by atoms with Crippen molar-refractivity contribution in [3.05, 3.63) is 56.9 Å². The Morgan fingerprint density at radius 1 is 1.14 bits per heavy atom. The zero-order valence-electron chi connectivity index (χ0n) is 10.7. The molecule has 1 aromatic carbocycles. The number of fused-ring (bicyclic) bond motifs is 1. The number of carbonyl (C=O) groups excluding carboxylic acids is 2. The number of hydrogen-bond donors (Lipinski definition) is 2. The molecule has 2 N–H and O–H groups in total. The highest BCUT2D eigenvalue weighted by molar-refractivity contribution is 7.97. The lowest BCUT2D eigenvalue weighted by molar-refractivity contribution is -0.116. The van der Waals surface area contributed by atoms with E-state index in [0.717, 1.165) is 4.90 Å². The van der Waals surface area contributed by atoms with Gasteiger partial charge in [-0.05, 0) is 35.5 Å². The van der Waals surface area contributed by atoms with Crippen molar-refractivity contribution in [1.29, 1.82) is 0 Å². The van der Waals surface area contributed by atoms with Gasteiger partial charge in [0.05, 0.1) is 10.6 Å². The number of Topliss-reactive ketones (excluding diaryl/α,β-unsaturated/α-hetero) is 1. The first-order valence-electron chi connectivity index (χ1n) is 6.11. The zero-order chi connectivity index (χ0) is 14.8. The van der Waals surface area contributed by atoms with E-state index < -0.39 is 11.9 Å². The van der Waals surface area contributed by atoms with E-state index >= 15 is 0 Å². The fourth-order valence-corrected chi connectivity index (χ4v) is 3.78. The minimum atomic E-state index is -0.994. The number of ketones is 1. The third-order valence-corrected chi connectivity index (χ3v) is 4.89. The van der Waals surface area contributed by atoms with E-state index in [1.54, 1.807) is 18.2 Å². The molecular weight excluding hydrogens is 308 g/mol. The molecule has 21 heavy (non-hydrogen) atoms. The minimum Gasteiger partial charge on any atom is -0.321 e. The molecule has 1 amide bonds. The lowest BCUT2D eigenvalue weighted by Gasteiger charge is -2.20. The number of hydrogen-bond acceptors (Lipinski definition) is 6. The van der Waals surface area contributed by atoms with Crippen LogP contribution in [0.1, 0.15) is 9.67 Å². The molecule has 1 unspecified atom stereocenters. The average molecular weight is 318 g/mol. The van der Waals surface area contributed by atoms with Crippen LogP contribution in [-0.2, 0) is 4.79 Å². The molecule has 0 aliphatic carbocycles. The fourth-order valence-electron chi connectivity index (χ4n) is 1.88. The molecule has 0 radical (unpaired) electrons. The molecule has 0 spiro atoms. The van der Waals surface area contributed by atoms with Crippen molar-refractivity contribution in [2.75, 3.05) is 5.32 Å². The second-order valence-electron chi connectivity index (χ2n) is 4.31. The molecule has 1 aliphatic rings. The summed E-state index contributed by atoms with van der Waals surface area (Å²) < 4.78 is 2.82. The van der Waals surface area contributed by atoms with Crippen LogP contribution in [0, 0.1) is 0 Å². The normalized spacial score (nSPS) is 17.1. The van der Waals surface area contributed by atoms with E-state index in [2.05, 4.69) is 10.0 Å². The molecule has 0 bridgehead atoms. The lowest BCUT2D eigenvalue weighted by atomic mass is 10.1. The molecule has 1 aliphatic heterocycles. The van der Waals surface area contributed by atoms with E-state index in [1.165, 1.54) is 35.4 Å². The Morgan fingerprint density at radius 3 is 2.81 bits per heavy atom. The van der Waals surface area contributed by atoms with Gasteiger partial charge in [-0.15, -0.1) is 11.3 Å². The average Bonchev–Trinajstić information content (AvgIpc) is 2.86. The zero-order valence-corrected chi connectivity index (χ0v) is 12.3. The summed E-state index contributed by atoms with van der Waals surface area (Å²) in [7, 11) is 0. The number of rotatable bonds is 2. The summed E-state index contributed by atoms with van der Waals surface area (Å²) in [5, 5.41) is 4.32. The minimum absolute atomic E-state index is 0.154. The van der Waals surface area contributed by atoms with Crippen molar-refractivity contribution < 1.29 is 9.59 Å². The maximum atomic E-state index is 12.3. The third-order valence-electron chi connectivity index (χ3n) is 2.92. The molecule has 0 saturated heterocycles. The molecule has 5 nitrogen and oxygen atoms in total. The fraction of sp³-hybridized carbons (Fsp3) is 0.0714. The van der Waals surface area contributed by atoms with Crippen LogP contribution in [0.25, 0.3) is 0 Å². The van der Waals surface area contributed by atoms with E-state index in [9.17, 15) is 14.4 Å². The van der Waals surface area contributed by atoms with Crippen molar-refractivity contribution in [3.8, 4) is 0 Å². The highest BCUT2D eigenvalue weighted by Crippen LogP contribution is 2.31. The summed E-state index contributed by atoms with van der Waals surface area (Å²) in [6.45, 7) is 0. The van der Waals surface area contributed by atoms with Crippen molar-refractivity contribution in [2.45, 2.75) is 10.9 Å². The Kier molecular flexibility index (Phi) is 3.87. The van der Waals surface area contributed by atoms with Gasteiger partial charge in [-0.1, -0.05) is 18.2 Å². The second-order valence-corrected chi connectivity index (χ2v) is 6.10. The van der Waals surface area contributed by atoms with Gasteiger partial charge in [0.15, 0.2) is 6.04 Å². The largest absolute Gasteiger partial charge is 0.321 e. The molecule has 106 valence electrons. The molecule has 7 heteroatoms. The third kappa shape index (κ3) is 2.76. The van der Waals surface area contributed by atoms with Gasteiger partial charge >= 0.3 is 0 Å². The SMILES string of the molecule is O=C(Nc1cccccc1=O)C1NSc2ccsc2C1=O. The van der Waals surface area contributed by atoms with E-state index in [1.807, 2.05) is 11.4 Å². The maximum Gasteiger partial charge on any atom is 0.250 e. The number of carbonyl (C=O) groups is 2. The lowest BCUT2D eigenvalue weighted by Crippen LogP contribution is -2.45. The van der Waals surface area contributed by atoms with Gasteiger partial charge in [0.2, 0.25) is 11.2 Å². The number of nitrogens with one attached hydrogen (secondary N) is 2. The summed E-state index contributed by atoms with van der Waals surface area (Å²) in [5.41, 5.74) is -0.150. The van der Waals surface area contributed by atoms with Gasteiger partial charge in [-0.2, -0.15) is 0 Å². The van der Waals surface area contributed by atoms with Crippen LogP contribution in [0.2, 0.25) is 0 Å². The standard InChI is InChI=1S/C14H10N2O3S2/c17-9-5-3-1-2-4-8(9)15-14(19)11-12(18)13-10(21-16-11)6-7-20-13/h1-7,11,16H,(H,15,17,19). The molecule has 1 atom stereocenters. The smallest absolute Gasteiger partial charge is 0.250 e. The van der Waals surface area contributed by atoms with E-state index in [4.69, 9.17) is 0 Å². The Labute approximate surface area is 128 Å². The van der Waals surface area contributed by atoms with Crippen LogP contribution < -0.4 is 15.5 Å². The molecular formula is C14H10N2O3S2. The Balaban J connectivity index is 1.83. The molecule has 2 aromatic rings. The monoisotopic (exact) mass is 318 g/mol. The van der Waals surface area contributed by atoms with Crippen LogP contribution in [0.15, 0.2) is 51.5 Å². The Bertz CT molecular complexity index is 773. The van der Waals surface area contributed by atoms with Gasteiger partial charge < -0.3 is 5.32 Å². The molecule has 0 saturated carbocycles. The van der Waals surface area contributed by atoms with Gasteiger partial charge in [0.25, 0.3) is 5.91 Å². The van der Waals surface area contributed by atoms with Crippen LogP contribution in [0.5, 0.6) is 0 Å². The Hall–Kier alpha value is -1.96. The summed E-state index contributed by atoms with van der Waals surface area (Å²) >= 11 is 2.56. The predicted molar refractivity (Wildman–Crippen MR) is 82.8 cm³/mol.